The lowest BCUT2D eigenvalue weighted by Gasteiger charge is -2.28. The number of Topliss-reactive ketones (excluding diaryl/α,β-unsaturated/α-hetero) is 1. The zero-order valence-electron chi connectivity index (χ0n) is 15.3. The number of rotatable bonds is 6. The number of carbonyl (C=O) groups excluding carboxylic acids is 3. The number of ketones is 1. The van der Waals surface area contributed by atoms with Crippen molar-refractivity contribution in [2.24, 2.45) is 5.41 Å². The van der Waals surface area contributed by atoms with Crippen LogP contribution in [0.3, 0.4) is 0 Å². The maximum absolute atomic E-state index is 12.6. The second-order valence-corrected chi connectivity index (χ2v) is 7.83. The fraction of sp³-hybridized carbons (Fsp3) is 0.550. The summed E-state index contributed by atoms with van der Waals surface area (Å²) in [6.07, 6.45) is 3.16. The van der Waals surface area contributed by atoms with E-state index in [9.17, 15) is 14.4 Å². The summed E-state index contributed by atoms with van der Waals surface area (Å²) in [5.41, 5.74) is -0.627. The van der Waals surface area contributed by atoms with Crippen LogP contribution in [0, 0.1) is 5.41 Å². The SMILES string of the molecule is CC(C)(C)NC(=O)CC1(C(=O)OCC(=O)c2ccccc2)CCCC1. The molecule has 1 aromatic rings. The van der Waals surface area contributed by atoms with Crippen molar-refractivity contribution in [3.63, 3.8) is 0 Å². The van der Waals surface area contributed by atoms with Crippen LogP contribution in [0.2, 0.25) is 0 Å². The third kappa shape index (κ3) is 5.41. The number of ether oxygens (including phenoxy) is 1. The van der Waals surface area contributed by atoms with Gasteiger partial charge in [-0.25, -0.2) is 0 Å². The molecule has 0 atom stereocenters. The molecule has 0 aromatic heterocycles. The third-order valence-corrected chi connectivity index (χ3v) is 4.44. The third-order valence-electron chi connectivity index (χ3n) is 4.44. The molecule has 25 heavy (non-hydrogen) atoms. The van der Waals surface area contributed by atoms with Gasteiger partial charge < -0.3 is 10.1 Å². The summed E-state index contributed by atoms with van der Waals surface area (Å²) in [4.78, 5) is 37.1. The molecule has 0 bridgehead atoms. The molecule has 0 spiro atoms. The summed E-state index contributed by atoms with van der Waals surface area (Å²) >= 11 is 0. The largest absolute Gasteiger partial charge is 0.457 e. The summed E-state index contributed by atoms with van der Waals surface area (Å²) in [5, 5.41) is 2.90. The maximum Gasteiger partial charge on any atom is 0.313 e. The molecule has 0 unspecified atom stereocenters. The molecule has 0 heterocycles. The van der Waals surface area contributed by atoms with E-state index in [-0.39, 0.29) is 30.3 Å². The van der Waals surface area contributed by atoms with Crippen molar-refractivity contribution in [3.8, 4) is 0 Å². The van der Waals surface area contributed by atoms with E-state index in [4.69, 9.17) is 4.74 Å². The van der Waals surface area contributed by atoms with Crippen LogP contribution in [0.1, 0.15) is 63.2 Å². The normalized spacial score (nSPS) is 16.3. The number of hydrogen-bond donors (Lipinski definition) is 1. The van der Waals surface area contributed by atoms with Gasteiger partial charge >= 0.3 is 5.97 Å². The van der Waals surface area contributed by atoms with Crippen molar-refractivity contribution in [2.45, 2.75) is 58.4 Å². The van der Waals surface area contributed by atoms with Crippen LogP contribution >= 0.6 is 0 Å². The van der Waals surface area contributed by atoms with Gasteiger partial charge in [-0.15, -0.1) is 0 Å². The van der Waals surface area contributed by atoms with Gasteiger partial charge in [0, 0.05) is 17.5 Å². The van der Waals surface area contributed by atoms with E-state index in [1.165, 1.54) is 0 Å². The Morgan fingerprint density at radius 2 is 1.68 bits per heavy atom. The zero-order valence-corrected chi connectivity index (χ0v) is 15.3. The van der Waals surface area contributed by atoms with Gasteiger partial charge in [0.05, 0.1) is 5.41 Å². The lowest BCUT2D eigenvalue weighted by Crippen LogP contribution is -2.44. The van der Waals surface area contributed by atoms with Gasteiger partial charge in [0.15, 0.2) is 12.4 Å². The molecule has 1 saturated carbocycles. The molecule has 2 rings (SSSR count). The Balaban J connectivity index is 1.98. The topological polar surface area (TPSA) is 72.5 Å². The molecule has 0 saturated heterocycles. The zero-order chi connectivity index (χ0) is 18.5. The van der Waals surface area contributed by atoms with E-state index in [0.29, 0.717) is 18.4 Å². The molecule has 1 aliphatic rings. The van der Waals surface area contributed by atoms with Crippen molar-refractivity contribution in [1.82, 2.24) is 5.32 Å². The smallest absolute Gasteiger partial charge is 0.313 e. The molecule has 0 radical (unpaired) electrons. The van der Waals surface area contributed by atoms with E-state index >= 15 is 0 Å². The predicted molar refractivity (Wildman–Crippen MR) is 95.1 cm³/mol. The molecule has 1 aliphatic carbocycles. The lowest BCUT2D eigenvalue weighted by molar-refractivity contribution is -0.157. The average molecular weight is 345 g/mol. The average Bonchev–Trinajstić information content (AvgIpc) is 3.00. The Bertz CT molecular complexity index is 625. The Hall–Kier alpha value is -2.17. The monoisotopic (exact) mass is 345 g/mol. The van der Waals surface area contributed by atoms with Crippen LogP contribution in [0.5, 0.6) is 0 Å². The van der Waals surface area contributed by atoms with Crippen molar-refractivity contribution < 1.29 is 19.1 Å². The highest BCUT2D eigenvalue weighted by atomic mass is 16.5. The Kier molecular flexibility index (Phi) is 5.98. The fourth-order valence-corrected chi connectivity index (χ4v) is 3.27. The summed E-state index contributed by atoms with van der Waals surface area (Å²) in [6, 6.07) is 8.75. The van der Waals surface area contributed by atoms with Crippen LogP contribution in [0.4, 0.5) is 0 Å². The van der Waals surface area contributed by atoms with Gasteiger partial charge in [-0.3, -0.25) is 14.4 Å². The standard InChI is InChI=1S/C20H27NO4/c1-19(2,3)21-17(23)13-20(11-7-8-12-20)18(24)25-14-16(22)15-9-5-4-6-10-15/h4-6,9-10H,7-8,11-14H2,1-3H3,(H,21,23). The number of esters is 1. The number of benzene rings is 1. The van der Waals surface area contributed by atoms with E-state index in [0.717, 1.165) is 12.8 Å². The first-order valence-corrected chi connectivity index (χ1v) is 8.78. The Morgan fingerprint density at radius 3 is 2.24 bits per heavy atom. The van der Waals surface area contributed by atoms with Crippen molar-refractivity contribution in [3.05, 3.63) is 35.9 Å². The van der Waals surface area contributed by atoms with E-state index in [1.807, 2.05) is 26.8 Å². The molecule has 1 N–H and O–H groups in total. The summed E-state index contributed by atoms with van der Waals surface area (Å²) in [7, 11) is 0. The fourth-order valence-electron chi connectivity index (χ4n) is 3.27. The molecule has 1 amide bonds. The number of carbonyl (C=O) groups is 3. The predicted octanol–water partition coefficient (Wildman–Crippen LogP) is 3.28. The molecule has 1 fully saturated rings. The number of hydrogen-bond acceptors (Lipinski definition) is 4. The van der Waals surface area contributed by atoms with Crippen LogP contribution in [-0.4, -0.2) is 29.8 Å². The van der Waals surface area contributed by atoms with Gasteiger partial charge in [-0.05, 0) is 33.6 Å². The van der Waals surface area contributed by atoms with Crippen molar-refractivity contribution in [2.75, 3.05) is 6.61 Å². The van der Waals surface area contributed by atoms with Gasteiger partial charge in [0.25, 0.3) is 0 Å². The molecular formula is C20H27NO4. The molecule has 5 nitrogen and oxygen atoms in total. The first kappa shape index (κ1) is 19.2. The molecular weight excluding hydrogens is 318 g/mol. The van der Waals surface area contributed by atoms with Crippen molar-refractivity contribution in [1.29, 1.82) is 0 Å². The minimum absolute atomic E-state index is 0.114. The molecule has 0 aliphatic heterocycles. The van der Waals surface area contributed by atoms with Crippen molar-refractivity contribution >= 4 is 17.7 Å². The highest BCUT2D eigenvalue weighted by Gasteiger charge is 2.44. The first-order chi connectivity index (χ1) is 11.7. The summed E-state index contributed by atoms with van der Waals surface area (Å²) in [6.45, 7) is 5.43. The van der Waals surface area contributed by atoms with Crippen LogP contribution in [-0.2, 0) is 14.3 Å². The summed E-state index contributed by atoms with van der Waals surface area (Å²) < 4.78 is 5.31. The van der Waals surface area contributed by atoms with Gasteiger partial charge in [-0.1, -0.05) is 43.2 Å². The van der Waals surface area contributed by atoms with Crippen LogP contribution < -0.4 is 5.32 Å². The minimum Gasteiger partial charge on any atom is -0.457 e. The Labute approximate surface area is 149 Å². The highest BCUT2D eigenvalue weighted by molar-refractivity contribution is 5.98. The maximum atomic E-state index is 12.6. The first-order valence-electron chi connectivity index (χ1n) is 8.78. The van der Waals surface area contributed by atoms with Gasteiger partial charge in [0.2, 0.25) is 5.91 Å². The molecule has 136 valence electrons. The van der Waals surface area contributed by atoms with Crippen LogP contribution in [0.15, 0.2) is 30.3 Å². The molecule has 1 aromatic carbocycles. The lowest BCUT2D eigenvalue weighted by atomic mass is 9.82. The van der Waals surface area contributed by atoms with E-state index in [2.05, 4.69) is 5.32 Å². The quantitative estimate of drug-likeness (QED) is 0.634. The van der Waals surface area contributed by atoms with Gasteiger partial charge in [0.1, 0.15) is 0 Å². The van der Waals surface area contributed by atoms with Crippen LogP contribution in [0.25, 0.3) is 0 Å². The minimum atomic E-state index is -0.799. The Morgan fingerprint density at radius 1 is 1.08 bits per heavy atom. The number of nitrogens with one attached hydrogen (secondary N) is 1. The highest BCUT2D eigenvalue weighted by Crippen LogP contribution is 2.42. The number of amides is 1. The van der Waals surface area contributed by atoms with E-state index in [1.54, 1.807) is 24.3 Å². The van der Waals surface area contributed by atoms with Gasteiger partial charge in [-0.2, -0.15) is 0 Å². The second-order valence-electron chi connectivity index (χ2n) is 7.83. The summed E-state index contributed by atoms with van der Waals surface area (Å²) in [5.74, 6) is -0.819. The molecule has 5 heteroatoms. The second kappa shape index (κ2) is 7.81. The van der Waals surface area contributed by atoms with E-state index < -0.39 is 11.4 Å².